The zero-order valence-electron chi connectivity index (χ0n) is 17.1. The smallest absolute Gasteiger partial charge is 0.224 e. The number of methoxy groups -OCH3 is 1. The van der Waals surface area contributed by atoms with Crippen molar-refractivity contribution in [3.63, 3.8) is 0 Å². The molecule has 1 unspecified atom stereocenters. The highest BCUT2D eigenvalue weighted by Gasteiger charge is 2.26. The van der Waals surface area contributed by atoms with Gasteiger partial charge in [-0.2, -0.15) is 5.10 Å². The topological polar surface area (TPSA) is 85.2 Å². The molecule has 0 radical (unpaired) electrons. The van der Waals surface area contributed by atoms with Crippen molar-refractivity contribution in [2.75, 3.05) is 31.6 Å². The number of benzene rings is 1. The van der Waals surface area contributed by atoms with Crippen LogP contribution in [0.2, 0.25) is 0 Å². The standard InChI is InChI=1S/C22H26N6O2/c1-30-19-7-2-5-17(15-19)10-12-23-22(29)18-6-3-13-27(16-18)20-8-9-21(26-25-20)28-14-4-11-24-28/h2,4-5,7-9,11,14-15,18H,3,6,10,12-13,16H2,1H3,(H,23,29). The second-order valence-electron chi connectivity index (χ2n) is 7.38. The summed E-state index contributed by atoms with van der Waals surface area (Å²) in [6.07, 6.45) is 6.16. The van der Waals surface area contributed by atoms with Crippen LogP contribution in [0, 0.1) is 5.92 Å². The molecule has 1 aliphatic heterocycles. The van der Waals surface area contributed by atoms with Gasteiger partial charge < -0.3 is 15.0 Å². The number of nitrogens with zero attached hydrogens (tertiary/aromatic N) is 5. The summed E-state index contributed by atoms with van der Waals surface area (Å²) in [7, 11) is 1.66. The van der Waals surface area contributed by atoms with Gasteiger partial charge in [-0.05, 0) is 55.2 Å². The molecule has 1 aliphatic rings. The number of aromatic nitrogens is 4. The van der Waals surface area contributed by atoms with Crippen molar-refractivity contribution in [3.05, 3.63) is 60.4 Å². The van der Waals surface area contributed by atoms with Gasteiger partial charge in [0.05, 0.1) is 13.0 Å². The third-order valence-corrected chi connectivity index (χ3v) is 5.34. The molecule has 0 spiro atoms. The normalized spacial score (nSPS) is 16.3. The zero-order chi connectivity index (χ0) is 20.8. The molecule has 1 fully saturated rings. The van der Waals surface area contributed by atoms with Crippen molar-refractivity contribution in [3.8, 4) is 11.6 Å². The van der Waals surface area contributed by atoms with E-state index in [1.807, 2.05) is 48.7 Å². The lowest BCUT2D eigenvalue weighted by Crippen LogP contribution is -2.43. The number of piperidine rings is 1. The van der Waals surface area contributed by atoms with Crippen molar-refractivity contribution < 1.29 is 9.53 Å². The number of amides is 1. The van der Waals surface area contributed by atoms with Gasteiger partial charge in [0.15, 0.2) is 11.6 Å². The molecular formula is C22H26N6O2. The maximum absolute atomic E-state index is 12.7. The van der Waals surface area contributed by atoms with Gasteiger partial charge >= 0.3 is 0 Å². The van der Waals surface area contributed by atoms with Gasteiger partial charge in [-0.3, -0.25) is 4.79 Å². The Balaban J connectivity index is 1.30. The summed E-state index contributed by atoms with van der Waals surface area (Å²) in [5, 5.41) is 15.9. The highest BCUT2D eigenvalue weighted by molar-refractivity contribution is 5.79. The van der Waals surface area contributed by atoms with Gasteiger partial charge in [0.1, 0.15) is 5.75 Å². The monoisotopic (exact) mass is 406 g/mol. The summed E-state index contributed by atoms with van der Waals surface area (Å²) in [6.45, 7) is 2.14. The fourth-order valence-electron chi connectivity index (χ4n) is 3.71. The van der Waals surface area contributed by atoms with Crippen molar-refractivity contribution in [2.24, 2.45) is 5.92 Å². The van der Waals surface area contributed by atoms with E-state index in [9.17, 15) is 4.79 Å². The fourth-order valence-corrected chi connectivity index (χ4v) is 3.71. The van der Waals surface area contributed by atoms with Crippen molar-refractivity contribution >= 4 is 11.7 Å². The first-order valence-corrected chi connectivity index (χ1v) is 10.2. The van der Waals surface area contributed by atoms with Crippen LogP contribution in [0.4, 0.5) is 5.82 Å². The van der Waals surface area contributed by atoms with E-state index in [1.54, 1.807) is 18.0 Å². The van der Waals surface area contributed by atoms with Crippen LogP contribution in [-0.2, 0) is 11.2 Å². The molecule has 1 amide bonds. The van der Waals surface area contributed by atoms with Gasteiger partial charge in [-0.25, -0.2) is 4.68 Å². The number of carbonyl (C=O) groups is 1. The van der Waals surface area contributed by atoms with Gasteiger partial charge in [-0.15, -0.1) is 10.2 Å². The summed E-state index contributed by atoms with van der Waals surface area (Å²) in [5.41, 5.74) is 1.15. The van der Waals surface area contributed by atoms with Crippen LogP contribution in [0.25, 0.3) is 5.82 Å². The van der Waals surface area contributed by atoms with Crippen LogP contribution < -0.4 is 15.0 Å². The van der Waals surface area contributed by atoms with Gasteiger partial charge in [0, 0.05) is 32.0 Å². The summed E-state index contributed by atoms with van der Waals surface area (Å²) >= 11 is 0. The van der Waals surface area contributed by atoms with Crippen LogP contribution in [0.3, 0.4) is 0 Å². The zero-order valence-corrected chi connectivity index (χ0v) is 17.1. The molecule has 1 atom stereocenters. The number of carbonyl (C=O) groups excluding carboxylic acids is 1. The summed E-state index contributed by atoms with van der Waals surface area (Å²) in [6, 6.07) is 13.6. The van der Waals surface area contributed by atoms with E-state index < -0.39 is 0 Å². The second kappa shape index (κ2) is 9.39. The molecule has 30 heavy (non-hydrogen) atoms. The lowest BCUT2D eigenvalue weighted by atomic mass is 9.97. The van der Waals surface area contributed by atoms with Crippen LogP contribution in [0.15, 0.2) is 54.9 Å². The molecule has 8 heteroatoms. The Morgan fingerprint density at radius 2 is 2.07 bits per heavy atom. The molecule has 3 aromatic rings. The molecule has 156 valence electrons. The van der Waals surface area contributed by atoms with E-state index in [0.29, 0.717) is 18.9 Å². The third-order valence-electron chi connectivity index (χ3n) is 5.34. The Bertz CT molecular complexity index is 958. The highest BCUT2D eigenvalue weighted by Crippen LogP contribution is 2.22. The molecule has 3 heterocycles. The maximum atomic E-state index is 12.7. The number of hydrogen-bond donors (Lipinski definition) is 1. The first kappa shape index (κ1) is 19.9. The average Bonchev–Trinajstić information content (AvgIpc) is 3.34. The molecule has 8 nitrogen and oxygen atoms in total. The molecule has 0 bridgehead atoms. The van der Waals surface area contributed by atoms with E-state index in [1.165, 1.54) is 0 Å². The van der Waals surface area contributed by atoms with Crippen molar-refractivity contribution in [2.45, 2.75) is 19.3 Å². The van der Waals surface area contributed by atoms with Crippen molar-refractivity contribution in [1.82, 2.24) is 25.3 Å². The van der Waals surface area contributed by atoms with Crippen molar-refractivity contribution in [1.29, 1.82) is 0 Å². The number of anilines is 1. The molecule has 1 saturated heterocycles. The van der Waals surface area contributed by atoms with E-state index in [2.05, 4.69) is 25.5 Å². The Hall–Kier alpha value is -3.42. The Morgan fingerprint density at radius 1 is 1.20 bits per heavy atom. The van der Waals surface area contributed by atoms with Crippen LogP contribution in [0.1, 0.15) is 18.4 Å². The number of ether oxygens (including phenoxy) is 1. The number of hydrogen-bond acceptors (Lipinski definition) is 6. The fraction of sp³-hybridized carbons (Fsp3) is 0.364. The molecular weight excluding hydrogens is 380 g/mol. The number of nitrogens with one attached hydrogen (secondary N) is 1. The lowest BCUT2D eigenvalue weighted by molar-refractivity contribution is -0.125. The third kappa shape index (κ3) is 4.76. The van der Waals surface area contributed by atoms with E-state index in [0.717, 1.165) is 42.9 Å². The first-order chi connectivity index (χ1) is 14.7. The maximum Gasteiger partial charge on any atom is 0.224 e. The largest absolute Gasteiger partial charge is 0.497 e. The lowest BCUT2D eigenvalue weighted by Gasteiger charge is -2.32. The highest BCUT2D eigenvalue weighted by atomic mass is 16.5. The van der Waals surface area contributed by atoms with Crippen LogP contribution >= 0.6 is 0 Å². The predicted octanol–water partition coefficient (Wildman–Crippen LogP) is 2.25. The quantitative estimate of drug-likeness (QED) is 0.648. The number of rotatable bonds is 7. The predicted molar refractivity (Wildman–Crippen MR) is 114 cm³/mol. The second-order valence-corrected chi connectivity index (χ2v) is 7.38. The minimum atomic E-state index is -0.0448. The van der Waals surface area contributed by atoms with Gasteiger partial charge in [-0.1, -0.05) is 12.1 Å². The average molecular weight is 406 g/mol. The van der Waals surface area contributed by atoms with E-state index in [-0.39, 0.29) is 11.8 Å². The Labute approximate surface area is 175 Å². The minimum Gasteiger partial charge on any atom is -0.497 e. The van der Waals surface area contributed by atoms with E-state index in [4.69, 9.17) is 4.74 Å². The van der Waals surface area contributed by atoms with Gasteiger partial charge in [0.2, 0.25) is 5.91 Å². The molecule has 4 rings (SSSR count). The molecule has 1 N–H and O–H groups in total. The molecule has 0 saturated carbocycles. The first-order valence-electron chi connectivity index (χ1n) is 10.2. The summed E-state index contributed by atoms with van der Waals surface area (Å²) in [5.74, 6) is 2.36. The molecule has 1 aromatic carbocycles. The van der Waals surface area contributed by atoms with Gasteiger partial charge in [0.25, 0.3) is 0 Å². The molecule has 0 aliphatic carbocycles. The SMILES string of the molecule is COc1cccc(CCNC(=O)C2CCCN(c3ccc(-n4cccn4)nn3)C2)c1. The van der Waals surface area contributed by atoms with Crippen LogP contribution in [0.5, 0.6) is 5.75 Å². The Morgan fingerprint density at radius 3 is 2.83 bits per heavy atom. The molecule has 2 aromatic heterocycles. The van der Waals surface area contributed by atoms with Crippen LogP contribution in [-0.4, -0.2) is 52.6 Å². The summed E-state index contributed by atoms with van der Waals surface area (Å²) < 4.78 is 6.92. The summed E-state index contributed by atoms with van der Waals surface area (Å²) in [4.78, 5) is 14.8. The van der Waals surface area contributed by atoms with E-state index >= 15 is 0 Å². The minimum absolute atomic E-state index is 0.0448. The Kier molecular flexibility index (Phi) is 6.22.